The van der Waals surface area contributed by atoms with Crippen LogP contribution in [0.25, 0.3) is 10.9 Å². The van der Waals surface area contributed by atoms with Crippen LogP contribution in [0.5, 0.6) is 5.75 Å². The molecule has 1 N–H and O–H groups in total. The minimum atomic E-state index is 0.706. The van der Waals surface area contributed by atoms with E-state index in [1.54, 1.807) is 0 Å². The molecule has 2 aliphatic rings. The molecule has 2 aliphatic carbocycles. The van der Waals surface area contributed by atoms with Crippen LogP contribution >= 0.6 is 0 Å². The van der Waals surface area contributed by atoms with Gasteiger partial charge in [-0.3, -0.25) is 4.98 Å². The van der Waals surface area contributed by atoms with E-state index in [2.05, 4.69) is 29.6 Å². The van der Waals surface area contributed by atoms with Gasteiger partial charge in [0, 0.05) is 24.0 Å². The molecule has 2 saturated carbocycles. The molecule has 1 heterocycles. The van der Waals surface area contributed by atoms with Crippen molar-refractivity contribution in [2.24, 2.45) is 5.92 Å². The van der Waals surface area contributed by atoms with Gasteiger partial charge in [0.15, 0.2) is 0 Å². The first-order valence-electron chi connectivity index (χ1n) is 8.13. The van der Waals surface area contributed by atoms with Crippen LogP contribution in [0, 0.1) is 5.92 Å². The average molecular weight is 282 g/mol. The highest BCUT2D eigenvalue weighted by molar-refractivity contribution is 5.85. The number of nitrogens with zero attached hydrogens (tertiary/aromatic N) is 1. The number of hydrogen-bond donors (Lipinski definition) is 1. The summed E-state index contributed by atoms with van der Waals surface area (Å²) in [6.07, 6.45) is 6.57. The number of fused-ring (bicyclic) bond motifs is 1. The Morgan fingerprint density at radius 1 is 1.14 bits per heavy atom. The zero-order valence-electron chi connectivity index (χ0n) is 12.3. The largest absolute Gasteiger partial charge is 0.493 e. The van der Waals surface area contributed by atoms with Crippen LogP contribution < -0.4 is 10.1 Å². The summed E-state index contributed by atoms with van der Waals surface area (Å²) < 4.78 is 6.07. The topological polar surface area (TPSA) is 34.1 Å². The van der Waals surface area contributed by atoms with Crippen LogP contribution in [-0.2, 0) is 6.54 Å². The molecule has 2 fully saturated rings. The third-order valence-electron chi connectivity index (χ3n) is 4.36. The summed E-state index contributed by atoms with van der Waals surface area (Å²) in [6, 6.07) is 11.1. The molecule has 0 bridgehead atoms. The number of ether oxygens (including phenoxy) is 1. The number of nitrogens with one attached hydrogen (secondary N) is 1. The van der Waals surface area contributed by atoms with Crippen molar-refractivity contribution in [2.45, 2.75) is 44.7 Å². The molecular weight excluding hydrogens is 260 g/mol. The van der Waals surface area contributed by atoms with Crippen LogP contribution in [0.3, 0.4) is 0 Å². The van der Waals surface area contributed by atoms with E-state index in [0.29, 0.717) is 6.04 Å². The third-order valence-corrected chi connectivity index (χ3v) is 4.36. The third kappa shape index (κ3) is 3.35. The van der Waals surface area contributed by atoms with E-state index in [0.717, 1.165) is 41.4 Å². The van der Waals surface area contributed by atoms with Crippen molar-refractivity contribution >= 4 is 10.9 Å². The van der Waals surface area contributed by atoms with Crippen molar-refractivity contribution in [3.63, 3.8) is 0 Å². The molecule has 4 rings (SSSR count). The lowest BCUT2D eigenvalue weighted by Crippen LogP contribution is -2.16. The number of para-hydroxylation sites is 1. The maximum atomic E-state index is 6.07. The molecule has 1 aromatic heterocycles. The summed E-state index contributed by atoms with van der Waals surface area (Å²) in [4.78, 5) is 4.75. The molecule has 21 heavy (non-hydrogen) atoms. The molecule has 0 aliphatic heterocycles. The molecular formula is C18H22N2O. The van der Waals surface area contributed by atoms with Gasteiger partial charge in [0.1, 0.15) is 5.75 Å². The summed E-state index contributed by atoms with van der Waals surface area (Å²) in [5, 5.41) is 4.66. The fraction of sp³-hybridized carbons (Fsp3) is 0.500. The molecule has 110 valence electrons. The van der Waals surface area contributed by atoms with Crippen LogP contribution in [0.1, 0.15) is 37.8 Å². The number of hydrogen-bond acceptors (Lipinski definition) is 3. The summed E-state index contributed by atoms with van der Waals surface area (Å²) in [6.45, 7) is 1.67. The van der Waals surface area contributed by atoms with Gasteiger partial charge in [-0.2, -0.15) is 0 Å². The Kier molecular flexibility index (Phi) is 3.52. The predicted molar refractivity (Wildman–Crippen MR) is 84.4 cm³/mol. The Hall–Kier alpha value is -1.61. The second kappa shape index (κ2) is 5.64. The van der Waals surface area contributed by atoms with Gasteiger partial charge in [-0.25, -0.2) is 0 Å². The first-order valence-corrected chi connectivity index (χ1v) is 8.13. The molecule has 0 unspecified atom stereocenters. The van der Waals surface area contributed by atoms with Crippen LogP contribution in [0.15, 0.2) is 30.3 Å². The minimum Gasteiger partial charge on any atom is -0.493 e. The number of pyridine rings is 1. The lowest BCUT2D eigenvalue weighted by molar-refractivity contribution is 0.305. The van der Waals surface area contributed by atoms with Crippen LogP contribution in [0.2, 0.25) is 0 Å². The Bertz CT molecular complexity index is 632. The maximum absolute atomic E-state index is 6.07. The summed E-state index contributed by atoms with van der Waals surface area (Å²) >= 11 is 0. The van der Waals surface area contributed by atoms with Crippen LogP contribution in [0.4, 0.5) is 0 Å². The van der Waals surface area contributed by atoms with Gasteiger partial charge in [-0.1, -0.05) is 25.0 Å². The maximum Gasteiger partial charge on any atom is 0.130 e. The zero-order chi connectivity index (χ0) is 14.1. The Morgan fingerprint density at radius 2 is 2.00 bits per heavy atom. The standard InChI is InChI=1S/C18H22N2O/c1-2-4-17-16(3-1)18(21-10-9-13-5-6-13)11-15(20-17)12-19-14-7-8-14/h1-4,11,13-14,19H,5-10,12H2. The normalized spacial score (nSPS) is 18.1. The van der Waals surface area contributed by atoms with Crippen molar-refractivity contribution < 1.29 is 4.74 Å². The molecule has 3 nitrogen and oxygen atoms in total. The van der Waals surface area contributed by atoms with Gasteiger partial charge in [0.25, 0.3) is 0 Å². The molecule has 0 spiro atoms. The lowest BCUT2D eigenvalue weighted by Gasteiger charge is -2.11. The van der Waals surface area contributed by atoms with E-state index < -0.39 is 0 Å². The predicted octanol–water partition coefficient (Wildman–Crippen LogP) is 3.67. The first-order chi connectivity index (χ1) is 10.4. The van der Waals surface area contributed by atoms with Crippen LogP contribution in [-0.4, -0.2) is 17.6 Å². The SMILES string of the molecule is c1ccc2c(OCCC3CC3)cc(CNC3CC3)nc2c1. The van der Waals surface area contributed by atoms with E-state index in [1.165, 1.54) is 32.1 Å². The van der Waals surface area contributed by atoms with E-state index in [-0.39, 0.29) is 0 Å². The number of aromatic nitrogens is 1. The smallest absolute Gasteiger partial charge is 0.130 e. The van der Waals surface area contributed by atoms with E-state index in [1.807, 2.05) is 6.07 Å². The Morgan fingerprint density at radius 3 is 2.81 bits per heavy atom. The fourth-order valence-electron chi connectivity index (χ4n) is 2.68. The molecule has 3 heteroatoms. The quantitative estimate of drug-likeness (QED) is 0.841. The van der Waals surface area contributed by atoms with Gasteiger partial charge in [-0.15, -0.1) is 0 Å². The second-order valence-electron chi connectivity index (χ2n) is 6.36. The molecule has 0 atom stereocenters. The summed E-state index contributed by atoms with van der Waals surface area (Å²) in [7, 11) is 0. The van der Waals surface area contributed by atoms with Gasteiger partial charge in [0.05, 0.1) is 17.8 Å². The molecule has 0 radical (unpaired) electrons. The Labute approximate surface area is 125 Å². The Balaban J connectivity index is 1.54. The molecule has 2 aromatic rings. The second-order valence-corrected chi connectivity index (χ2v) is 6.36. The van der Waals surface area contributed by atoms with Crippen molar-refractivity contribution in [2.75, 3.05) is 6.61 Å². The van der Waals surface area contributed by atoms with Crippen molar-refractivity contribution in [1.29, 1.82) is 0 Å². The highest BCUT2D eigenvalue weighted by atomic mass is 16.5. The average Bonchev–Trinajstić information content (AvgIpc) is 3.39. The van der Waals surface area contributed by atoms with Gasteiger partial charge >= 0.3 is 0 Å². The monoisotopic (exact) mass is 282 g/mol. The minimum absolute atomic E-state index is 0.706. The molecule has 0 amide bonds. The van der Waals surface area contributed by atoms with Gasteiger partial charge < -0.3 is 10.1 Å². The van der Waals surface area contributed by atoms with E-state index in [4.69, 9.17) is 9.72 Å². The summed E-state index contributed by atoms with van der Waals surface area (Å²) in [5.74, 6) is 1.91. The van der Waals surface area contributed by atoms with Crippen molar-refractivity contribution in [3.05, 3.63) is 36.0 Å². The number of rotatable bonds is 7. The number of benzene rings is 1. The van der Waals surface area contributed by atoms with Crippen molar-refractivity contribution in [3.8, 4) is 5.75 Å². The van der Waals surface area contributed by atoms with E-state index in [9.17, 15) is 0 Å². The fourth-order valence-corrected chi connectivity index (χ4v) is 2.68. The van der Waals surface area contributed by atoms with Gasteiger partial charge in [0.2, 0.25) is 0 Å². The van der Waals surface area contributed by atoms with Gasteiger partial charge in [-0.05, 0) is 37.3 Å². The molecule has 0 saturated heterocycles. The van der Waals surface area contributed by atoms with E-state index >= 15 is 0 Å². The highest BCUT2D eigenvalue weighted by Gasteiger charge is 2.22. The first kappa shape index (κ1) is 13.1. The lowest BCUT2D eigenvalue weighted by atomic mass is 10.2. The zero-order valence-corrected chi connectivity index (χ0v) is 12.3. The highest BCUT2D eigenvalue weighted by Crippen LogP contribution is 2.33. The molecule has 1 aromatic carbocycles. The van der Waals surface area contributed by atoms with Crippen molar-refractivity contribution in [1.82, 2.24) is 10.3 Å². The summed E-state index contributed by atoms with van der Waals surface area (Å²) in [5.41, 5.74) is 2.12.